The van der Waals surface area contributed by atoms with Crippen LogP contribution in [0.4, 0.5) is 4.39 Å². The number of rotatable bonds is 4. The molecule has 0 saturated carbocycles. The van der Waals surface area contributed by atoms with Crippen molar-refractivity contribution in [3.05, 3.63) is 82.7 Å². The number of nitrogens with zero attached hydrogens (tertiary/aromatic N) is 3. The smallest absolute Gasteiger partial charge is 0.291 e. The number of carbonyl (C=O) groups is 1. The Bertz CT molecular complexity index is 1160. The van der Waals surface area contributed by atoms with Crippen molar-refractivity contribution in [2.45, 2.75) is 13.1 Å². The fraction of sp³-hybridized carbons (Fsp3) is 0.105. The Kier molecular flexibility index (Phi) is 3.96. The third-order valence-electron chi connectivity index (χ3n) is 4.19. The van der Waals surface area contributed by atoms with Crippen LogP contribution in [-0.4, -0.2) is 20.1 Å². The van der Waals surface area contributed by atoms with E-state index < -0.39 is 5.56 Å². The predicted molar refractivity (Wildman–Crippen MR) is 95.2 cm³/mol. The van der Waals surface area contributed by atoms with Crippen LogP contribution < -0.4 is 10.9 Å². The molecular formula is C19H15FN4O2. The van der Waals surface area contributed by atoms with Crippen molar-refractivity contribution in [2.24, 2.45) is 0 Å². The number of hydrogen-bond acceptors (Lipinski definition) is 3. The SMILES string of the molecule is O=C(Cn1ncn2c(cc3cc(F)ccc32)c1=O)NCc1ccccc1. The van der Waals surface area contributed by atoms with Gasteiger partial charge in [-0.15, -0.1) is 0 Å². The maximum Gasteiger partial charge on any atom is 0.291 e. The van der Waals surface area contributed by atoms with Crippen molar-refractivity contribution in [1.82, 2.24) is 19.5 Å². The van der Waals surface area contributed by atoms with Gasteiger partial charge in [0.15, 0.2) is 0 Å². The zero-order valence-corrected chi connectivity index (χ0v) is 13.7. The molecule has 2 heterocycles. The predicted octanol–water partition coefficient (Wildman–Crippen LogP) is 2.10. The zero-order valence-electron chi connectivity index (χ0n) is 13.7. The first-order chi connectivity index (χ1) is 12.6. The molecule has 26 heavy (non-hydrogen) atoms. The summed E-state index contributed by atoms with van der Waals surface area (Å²) in [4.78, 5) is 24.7. The van der Waals surface area contributed by atoms with Gasteiger partial charge in [0, 0.05) is 11.9 Å². The largest absolute Gasteiger partial charge is 0.350 e. The molecule has 0 unspecified atom stereocenters. The van der Waals surface area contributed by atoms with Crippen LogP contribution >= 0.6 is 0 Å². The van der Waals surface area contributed by atoms with Gasteiger partial charge in [-0.25, -0.2) is 9.07 Å². The second-order valence-electron chi connectivity index (χ2n) is 5.96. The first-order valence-corrected chi connectivity index (χ1v) is 8.09. The van der Waals surface area contributed by atoms with Crippen LogP contribution in [0.1, 0.15) is 5.56 Å². The Hall–Kier alpha value is -3.48. The maximum atomic E-state index is 13.4. The van der Waals surface area contributed by atoms with Crippen LogP contribution in [0, 0.1) is 5.82 Å². The molecule has 0 fully saturated rings. The van der Waals surface area contributed by atoms with Gasteiger partial charge in [-0.05, 0) is 29.8 Å². The summed E-state index contributed by atoms with van der Waals surface area (Å²) in [6, 6.07) is 15.4. The van der Waals surface area contributed by atoms with Crippen molar-refractivity contribution in [3.8, 4) is 0 Å². The number of aromatic nitrogens is 3. The van der Waals surface area contributed by atoms with Crippen molar-refractivity contribution in [2.75, 3.05) is 0 Å². The second kappa shape index (κ2) is 6.44. The number of halogens is 1. The molecule has 4 aromatic rings. The molecule has 0 aliphatic heterocycles. The Labute approximate surface area is 147 Å². The lowest BCUT2D eigenvalue weighted by atomic mass is 10.2. The summed E-state index contributed by atoms with van der Waals surface area (Å²) in [5.41, 5.74) is 1.60. The molecule has 1 N–H and O–H groups in total. The number of benzene rings is 2. The quantitative estimate of drug-likeness (QED) is 0.613. The molecule has 0 aliphatic rings. The van der Waals surface area contributed by atoms with Crippen molar-refractivity contribution in [3.63, 3.8) is 0 Å². The minimum Gasteiger partial charge on any atom is -0.350 e. The van der Waals surface area contributed by atoms with E-state index in [4.69, 9.17) is 0 Å². The summed E-state index contributed by atoms with van der Waals surface area (Å²) in [5, 5.41) is 7.43. The Balaban J connectivity index is 1.58. The molecular weight excluding hydrogens is 335 g/mol. The summed E-state index contributed by atoms with van der Waals surface area (Å²) in [6.07, 6.45) is 1.46. The van der Waals surface area contributed by atoms with Crippen LogP contribution in [0.3, 0.4) is 0 Å². The lowest BCUT2D eigenvalue weighted by Gasteiger charge is -2.07. The monoisotopic (exact) mass is 350 g/mol. The maximum absolute atomic E-state index is 13.4. The Morgan fingerprint density at radius 3 is 2.69 bits per heavy atom. The zero-order chi connectivity index (χ0) is 18.1. The number of fused-ring (bicyclic) bond motifs is 3. The first kappa shape index (κ1) is 16.0. The van der Waals surface area contributed by atoms with Crippen molar-refractivity contribution >= 4 is 22.3 Å². The van der Waals surface area contributed by atoms with E-state index in [-0.39, 0.29) is 18.3 Å². The molecule has 1 amide bonds. The van der Waals surface area contributed by atoms with Crippen molar-refractivity contribution in [1.29, 1.82) is 0 Å². The summed E-state index contributed by atoms with van der Waals surface area (Å²) in [6.45, 7) is 0.197. The highest BCUT2D eigenvalue weighted by atomic mass is 19.1. The van der Waals surface area contributed by atoms with Crippen LogP contribution in [0.5, 0.6) is 0 Å². The number of amides is 1. The van der Waals surface area contributed by atoms with Gasteiger partial charge in [0.25, 0.3) is 5.56 Å². The van der Waals surface area contributed by atoms with Crippen LogP contribution in [-0.2, 0) is 17.9 Å². The number of hydrogen-bond donors (Lipinski definition) is 1. The number of nitrogens with one attached hydrogen (secondary N) is 1. The lowest BCUT2D eigenvalue weighted by molar-refractivity contribution is -0.122. The van der Waals surface area contributed by atoms with Crippen molar-refractivity contribution < 1.29 is 9.18 Å². The van der Waals surface area contributed by atoms with E-state index in [1.807, 2.05) is 30.3 Å². The highest BCUT2D eigenvalue weighted by Gasteiger charge is 2.12. The molecule has 2 aromatic carbocycles. The molecule has 0 bridgehead atoms. The molecule has 0 atom stereocenters. The molecule has 6 nitrogen and oxygen atoms in total. The normalized spacial score (nSPS) is 11.1. The summed E-state index contributed by atoms with van der Waals surface area (Å²) >= 11 is 0. The minimum atomic E-state index is -0.404. The van der Waals surface area contributed by atoms with E-state index in [9.17, 15) is 14.0 Å². The van der Waals surface area contributed by atoms with Gasteiger partial charge >= 0.3 is 0 Å². The van der Waals surface area contributed by atoms with E-state index in [1.165, 1.54) is 18.5 Å². The molecule has 4 rings (SSSR count). The van der Waals surface area contributed by atoms with Crippen LogP contribution in [0.2, 0.25) is 0 Å². The second-order valence-corrected chi connectivity index (χ2v) is 5.96. The first-order valence-electron chi connectivity index (χ1n) is 8.09. The minimum absolute atomic E-state index is 0.182. The van der Waals surface area contributed by atoms with Gasteiger partial charge in [0.1, 0.15) is 24.2 Å². The van der Waals surface area contributed by atoms with Gasteiger partial charge in [-0.3, -0.25) is 14.0 Å². The molecule has 130 valence electrons. The van der Waals surface area contributed by atoms with E-state index in [0.29, 0.717) is 23.0 Å². The third-order valence-corrected chi connectivity index (χ3v) is 4.19. The Morgan fingerprint density at radius 1 is 1.08 bits per heavy atom. The third kappa shape index (κ3) is 2.95. The molecule has 7 heteroatoms. The molecule has 0 spiro atoms. The standard InChI is InChI=1S/C19H15FN4O2/c20-15-6-7-16-14(8-15)9-17-19(26)24(22-12-23(16)17)11-18(25)21-10-13-4-2-1-3-5-13/h1-9,12H,10-11H2,(H,21,25). The van der Waals surface area contributed by atoms with Gasteiger partial charge in [-0.2, -0.15) is 5.10 Å². The average molecular weight is 350 g/mol. The fourth-order valence-electron chi connectivity index (χ4n) is 2.90. The fourth-order valence-corrected chi connectivity index (χ4v) is 2.90. The van der Waals surface area contributed by atoms with Gasteiger partial charge in [0.2, 0.25) is 5.91 Å². The average Bonchev–Trinajstić information content (AvgIpc) is 3.01. The van der Waals surface area contributed by atoms with Gasteiger partial charge in [0.05, 0.1) is 5.52 Å². The highest BCUT2D eigenvalue weighted by Crippen LogP contribution is 2.18. The van der Waals surface area contributed by atoms with E-state index in [1.54, 1.807) is 16.5 Å². The molecule has 0 radical (unpaired) electrons. The number of carbonyl (C=O) groups excluding carboxylic acids is 1. The van der Waals surface area contributed by atoms with Gasteiger partial charge < -0.3 is 5.32 Å². The highest BCUT2D eigenvalue weighted by molar-refractivity contribution is 5.86. The Morgan fingerprint density at radius 2 is 1.88 bits per heavy atom. The molecule has 0 aliphatic carbocycles. The lowest BCUT2D eigenvalue weighted by Crippen LogP contribution is -2.33. The van der Waals surface area contributed by atoms with Crippen LogP contribution in [0.25, 0.3) is 16.4 Å². The summed E-state index contributed by atoms with van der Waals surface area (Å²) < 4.78 is 16.1. The van der Waals surface area contributed by atoms with Crippen LogP contribution in [0.15, 0.2) is 65.7 Å². The van der Waals surface area contributed by atoms with Gasteiger partial charge in [-0.1, -0.05) is 30.3 Å². The topological polar surface area (TPSA) is 68.4 Å². The van der Waals surface area contributed by atoms with E-state index in [0.717, 1.165) is 10.2 Å². The van der Waals surface area contributed by atoms with E-state index >= 15 is 0 Å². The molecule has 2 aromatic heterocycles. The van der Waals surface area contributed by atoms with E-state index in [2.05, 4.69) is 10.4 Å². The summed E-state index contributed by atoms with van der Waals surface area (Å²) in [5.74, 6) is -0.683. The molecule has 0 saturated heterocycles. The summed E-state index contributed by atoms with van der Waals surface area (Å²) in [7, 11) is 0.